The molecule has 1 aliphatic rings. The van der Waals surface area contributed by atoms with E-state index in [1.807, 2.05) is 0 Å². The molecule has 0 radical (unpaired) electrons. The normalized spacial score (nSPS) is 15.3. The Balaban J connectivity index is 1.61. The number of hydrogen-bond acceptors (Lipinski definition) is 4. The van der Waals surface area contributed by atoms with E-state index in [9.17, 15) is 9.18 Å². The van der Waals surface area contributed by atoms with Crippen molar-refractivity contribution in [1.29, 1.82) is 0 Å². The van der Waals surface area contributed by atoms with Gasteiger partial charge < -0.3 is 25.4 Å². The number of ether oxygens (including phenoxy) is 2. The van der Waals surface area contributed by atoms with Gasteiger partial charge in [0.05, 0.1) is 6.10 Å². The second kappa shape index (κ2) is 12.5. The predicted octanol–water partition coefficient (Wildman–Crippen LogP) is 6.45. The third-order valence-electron chi connectivity index (χ3n) is 5.71. The Labute approximate surface area is 211 Å². The van der Waals surface area contributed by atoms with E-state index in [1.54, 1.807) is 36.4 Å². The fourth-order valence-corrected chi connectivity index (χ4v) is 3.86. The molecule has 0 bridgehead atoms. The number of alkyl halides is 1. The first-order chi connectivity index (χ1) is 17.1. The van der Waals surface area contributed by atoms with Gasteiger partial charge in [-0.2, -0.15) is 0 Å². The average Bonchev–Trinajstić information content (AvgIpc) is 3.32. The van der Waals surface area contributed by atoms with Crippen molar-refractivity contribution in [2.75, 3.05) is 30.4 Å². The van der Waals surface area contributed by atoms with Crippen LogP contribution in [-0.4, -0.2) is 37.6 Å². The van der Waals surface area contributed by atoms with Gasteiger partial charge in [0.1, 0.15) is 23.8 Å². The third kappa shape index (κ3) is 8.37. The maximum atomic E-state index is 15.1. The number of urea groups is 1. The zero-order chi connectivity index (χ0) is 26.1. The van der Waals surface area contributed by atoms with Gasteiger partial charge in [-0.3, -0.25) is 0 Å². The lowest BCUT2D eigenvalue weighted by molar-refractivity contribution is 0.0678. The maximum Gasteiger partial charge on any atom is 0.319 e. The molecular formula is C28H35F2N3O3. The SMILES string of the molecule is C=CCc1cc(OC[C@H]2CCCO2)cc(F)c1C(=C)Nc1ccc(NC(=O)NCCC(C)(C)F)cc1. The molecule has 36 heavy (non-hydrogen) atoms. The van der Waals surface area contributed by atoms with Crippen molar-refractivity contribution in [2.24, 2.45) is 0 Å². The summed E-state index contributed by atoms with van der Waals surface area (Å²) in [6.45, 7) is 12.1. The number of amides is 2. The molecule has 1 fully saturated rings. The van der Waals surface area contributed by atoms with Crippen LogP contribution in [0.3, 0.4) is 0 Å². The molecule has 3 N–H and O–H groups in total. The molecule has 0 unspecified atom stereocenters. The van der Waals surface area contributed by atoms with Crippen molar-refractivity contribution >= 4 is 23.1 Å². The van der Waals surface area contributed by atoms with Crippen LogP contribution >= 0.6 is 0 Å². The Morgan fingerprint density at radius 1 is 1.22 bits per heavy atom. The van der Waals surface area contributed by atoms with Crippen LogP contribution in [0.2, 0.25) is 0 Å². The number of hydrogen-bond donors (Lipinski definition) is 3. The summed E-state index contributed by atoms with van der Waals surface area (Å²) in [5, 5.41) is 8.45. The molecule has 2 amide bonds. The second-order valence-electron chi connectivity index (χ2n) is 9.41. The first-order valence-corrected chi connectivity index (χ1v) is 12.1. The monoisotopic (exact) mass is 499 g/mol. The van der Waals surface area contributed by atoms with Crippen LogP contribution in [0.25, 0.3) is 5.70 Å². The highest BCUT2D eigenvalue weighted by Crippen LogP contribution is 2.29. The highest BCUT2D eigenvalue weighted by Gasteiger charge is 2.19. The largest absolute Gasteiger partial charge is 0.491 e. The molecule has 1 saturated heterocycles. The zero-order valence-corrected chi connectivity index (χ0v) is 21.0. The van der Waals surface area contributed by atoms with E-state index < -0.39 is 17.5 Å². The number of allylic oxidation sites excluding steroid dienone is 1. The number of benzene rings is 2. The standard InChI is InChI=1S/C28H35F2N3O3/c1-5-7-20-16-24(36-18-23-8-6-15-35-23)17-25(29)26(20)19(2)32-21-9-11-22(12-10-21)33-27(34)31-14-13-28(3,4)30/h5,9-12,16-17,23,32H,1-2,6-8,13-15,18H2,3-4H3,(H2,31,33,34)/t23-/m1/s1. The molecule has 3 rings (SSSR count). The summed E-state index contributed by atoms with van der Waals surface area (Å²) in [6, 6.07) is 9.65. The summed E-state index contributed by atoms with van der Waals surface area (Å²) in [5.41, 5.74) is 1.35. The highest BCUT2D eigenvalue weighted by molar-refractivity contribution is 5.89. The van der Waals surface area contributed by atoms with E-state index in [1.165, 1.54) is 19.9 Å². The lowest BCUT2D eigenvalue weighted by Gasteiger charge is -2.18. The Bertz CT molecular complexity index is 1060. The van der Waals surface area contributed by atoms with E-state index in [-0.39, 0.29) is 19.1 Å². The van der Waals surface area contributed by atoms with Gasteiger partial charge in [-0.15, -0.1) is 6.58 Å². The summed E-state index contributed by atoms with van der Waals surface area (Å²) in [6.07, 6.45) is 4.36. The van der Waals surface area contributed by atoms with Crippen molar-refractivity contribution in [3.63, 3.8) is 0 Å². The minimum atomic E-state index is -1.34. The zero-order valence-electron chi connectivity index (χ0n) is 21.0. The van der Waals surface area contributed by atoms with Crippen LogP contribution < -0.4 is 20.7 Å². The molecule has 6 nitrogen and oxygen atoms in total. The quantitative estimate of drug-likeness (QED) is 0.293. The van der Waals surface area contributed by atoms with Gasteiger partial charge in [0, 0.05) is 41.9 Å². The second-order valence-corrected chi connectivity index (χ2v) is 9.41. The molecule has 8 heteroatoms. The van der Waals surface area contributed by atoms with E-state index in [0.29, 0.717) is 47.0 Å². The van der Waals surface area contributed by atoms with Crippen LogP contribution in [0.5, 0.6) is 5.75 Å². The Kier molecular flexibility index (Phi) is 9.47. The maximum absolute atomic E-state index is 15.1. The van der Waals surface area contributed by atoms with Crippen molar-refractivity contribution in [3.05, 3.63) is 72.6 Å². The first kappa shape index (κ1) is 27.2. The first-order valence-electron chi connectivity index (χ1n) is 12.1. The van der Waals surface area contributed by atoms with Crippen LogP contribution in [0.1, 0.15) is 44.2 Å². The van der Waals surface area contributed by atoms with Gasteiger partial charge >= 0.3 is 6.03 Å². The van der Waals surface area contributed by atoms with E-state index in [2.05, 4.69) is 29.1 Å². The Hall–Kier alpha value is -3.39. The summed E-state index contributed by atoms with van der Waals surface area (Å²) in [7, 11) is 0. The molecule has 1 heterocycles. The van der Waals surface area contributed by atoms with Gasteiger partial charge in [-0.1, -0.05) is 12.7 Å². The van der Waals surface area contributed by atoms with Crippen LogP contribution in [0.4, 0.5) is 25.0 Å². The fraction of sp³-hybridized carbons (Fsp3) is 0.393. The molecular weight excluding hydrogens is 464 g/mol. The van der Waals surface area contributed by atoms with E-state index in [0.717, 1.165) is 19.4 Å². The minimum Gasteiger partial charge on any atom is -0.491 e. The number of rotatable bonds is 12. The molecule has 2 aromatic rings. The smallest absolute Gasteiger partial charge is 0.319 e. The Morgan fingerprint density at radius 3 is 2.53 bits per heavy atom. The van der Waals surface area contributed by atoms with Gasteiger partial charge in [0.2, 0.25) is 0 Å². The number of nitrogens with one attached hydrogen (secondary N) is 3. The van der Waals surface area contributed by atoms with Gasteiger partial charge in [-0.05, 0) is 75.4 Å². The van der Waals surface area contributed by atoms with Gasteiger partial charge in [0.15, 0.2) is 0 Å². The molecule has 0 saturated carbocycles. The van der Waals surface area contributed by atoms with Crippen molar-refractivity contribution in [3.8, 4) is 5.75 Å². The van der Waals surface area contributed by atoms with E-state index >= 15 is 4.39 Å². The minimum absolute atomic E-state index is 0.0399. The predicted molar refractivity (Wildman–Crippen MR) is 141 cm³/mol. The third-order valence-corrected chi connectivity index (χ3v) is 5.71. The topological polar surface area (TPSA) is 71.6 Å². The average molecular weight is 500 g/mol. The van der Waals surface area contributed by atoms with Gasteiger partial charge in [0.25, 0.3) is 0 Å². The van der Waals surface area contributed by atoms with Gasteiger partial charge in [-0.25, -0.2) is 13.6 Å². The summed E-state index contributed by atoms with van der Waals surface area (Å²) >= 11 is 0. The lowest BCUT2D eigenvalue weighted by Crippen LogP contribution is -2.32. The molecule has 0 aromatic heterocycles. The molecule has 2 aromatic carbocycles. The fourth-order valence-electron chi connectivity index (χ4n) is 3.86. The molecule has 0 aliphatic carbocycles. The molecule has 1 atom stereocenters. The van der Waals surface area contributed by atoms with E-state index in [4.69, 9.17) is 9.47 Å². The lowest BCUT2D eigenvalue weighted by atomic mass is 10.0. The van der Waals surface area contributed by atoms with Crippen molar-refractivity contribution in [1.82, 2.24) is 5.32 Å². The van der Waals surface area contributed by atoms with Crippen LogP contribution in [-0.2, 0) is 11.2 Å². The highest BCUT2D eigenvalue weighted by atomic mass is 19.1. The summed E-state index contributed by atoms with van der Waals surface area (Å²) in [4.78, 5) is 12.0. The molecule has 1 aliphatic heterocycles. The number of carbonyl (C=O) groups excluding carboxylic acids is 1. The summed E-state index contributed by atoms with van der Waals surface area (Å²) in [5.74, 6) is 0.000729. The van der Waals surface area contributed by atoms with Crippen LogP contribution in [0, 0.1) is 5.82 Å². The Morgan fingerprint density at radius 2 is 1.92 bits per heavy atom. The van der Waals surface area contributed by atoms with Crippen LogP contribution in [0.15, 0.2) is 55.6 Å². The van der Waals surface area contributed by atoms with Crippen molar-refractivity contribution < 1.29 is 23.0 Å². The summed E-state index contributed by atoms with van der Waals surface area (Å²) < 4.78 is 40.0. The number of halogens is 2. The van der Waals surface area contributed by atoms with Crippen molar-refractivity contribution in [2.45, 2.75) is 51.3 Å². The molecule has 194 valence electrons. The number of anilines is 2. The number of carbonyl (C=O) groups is 1. The molecule has 0 spiro atoms.